The second kappa shape index (κ2) is 4.81. The van der Waals surface area contributed by atoms with Crippen LogP contribution in [0, 0.1) is 0 Å². The molecule has 0 aliphatic carbocycles. The normalized spacial score (nSPS) is 12.3. The van der Waals surface area contributed by atoms with Crippen LogP contribution < -0.4 is 0 Å². The SMILES string of the molecule is CC(/C=C\c1ccc(Br)o1)=C/C(=O)O. The minimum absolute atomic E-state index is 0.650. The Labute approximate surface area is 89.9 Å². The van der Waals surface area contributed by atoms with E-state index in [1.54, 1.807) is 31.2 Å². The van der Waals surface area contributed by atoms with Crippen LogP contribution in [0.15, 0.2) is 38.9 Å². The van der Waals surface area contributed by atoms with E-state index in [0.717, 1.165) is 6.08 Å². The summed E-state index contributed by atoms with van der Waals surface area (Å²) in [7, 11) is 0. The number of hydrogen-bond acceptors (Lipinski definition) is 2. The molecule has 74 valence electrons. The van der Waals surface area contributed by atoms with Crippen molar-refractivity contribution in [3.8, 4) is 0 Å². The Morgan fingerprint density at radius 1 is 1.57 bits per heavy atom. The fraction of sp³-hybridized carbons (Fsp3) is 0.100. The highest BCUT2D eigenvalue weighted by Crippen LogP contribution is 2.15. The van der Waals surface area contributed by atoms with E-state index < -0.39 is 5.97 Å². The van der Waals surface area contributed by atoms with Gasteiger partial charge in [0.25, 0.3) is 0 Å². The molecular weight excluding hydrogens is 248 g/mol. The average Bonchev–Trinajstić information content (AvgIpc) is 2.47. The highest BCUT2D eigenvalue weighted by Gasteiger charge is 1.94. The van der Waals surface area contributed by atoms with Crippen molar-refractivity contribution >= 4 is 28.0 Å². The molecule has 0 aliphatic rings. The van der Waals surface area contributed by atoms with Crippen molar-refractivity contribution in [2.24, 2.45) is 0 Å². The van der Waals surface area contributed by atoms with Gasteiger partial charge in [-0.05, 0) is 46.6 Å². The van der Waals surface area contributed by atoms with Gasteiger partial charge in [-0.1, -0.05) is 6.08 Å². The summed E-state index contributed by atoms with van der Waals surface area (Å²) in [5.74, 6) is -0.275. The molecule has 0 aromatic carbocycles. The van der Waals surface area contributed by atoms with Crippen LogP contribution in [-0.2, 0) is 4.79 Å². The predicted octanol–water partition coefficient (Wildman–Crippen LogP) is 3.09. The van der Waals surface area contributed by atoms with Gasteiger partial charge in [-0.25, -0.2) is 4.79 Å². The van der Waals surface area contributed by atoms with Gasteiger partial charge < -0.3 is 9.52 Å². The summed E-state index contributed by atoms with van der Waals surface area (Å²) in [4.78, 5) is 10.3. The van der Waals surface area contributed by atoms with Crippen molar-refractivity contribution in [2.75, 3.05) is 0 Å². The summed E-state index contributed by atoms with van der Waals surface area (Å²) in [6, 6.07) is 3.56. The Morgan fingerprint density at radius 3 is 2.79 bits per heavy atom. The van der Waals surface area contributed by atoms with Gasteiger partial charge in [-0.2, -0.15) is 0 Å². The van der Waals surface area contributed by atoms with Gasteiger partial charge >= 0.3 is 5.97 Å². The van der Waals surface area contributed by atoms with Crippen molar-refractivity contribution in [1.82, 2.24) is 0 Å². The van der Waals surface area contributed by atoms with Crippen LogP contribution in [-0.4, -0.2) is 11.1 Å². The van der Waals surface area contributed by atoms with E-state index in [9.17, 15) is 4.79 Å². The van der Waals surface area contributed by atoms with E-state index in [0.29, 0.717) is 16.0 Å². The summed E-state index contributed by atoms with van der Waals surface area (Å²) >= 11 is 3.17. The lowest BCUT2D eigenvalue weighted by Gasteiger charge is -1.88. The second-order valence-corrected chi connectivity index (χ2v) is 3.48. The number of hydrogen-bond donors (Lipinski definition) is 1. The molecule has 1 aromatic heterocycles. The Hall–Kier alpha value is -1.29. The first-order chi connectivity index (χ1) is 6.58. The number of carboxylic acid groups (broad SMARTS) is 1. The molecule has 1 heterocycles. The zero-order valence-electron chi connectivity index (χ0n) is 7.53. The number of carboxylic acids is 1. The Bertz CT molecular complexity index is 388. The second-order valence-electron chi connectivity index (χ2n) is 2.70. The standard InChI is InChI=1S/C10H9BrO3/c1-7(6-10(12)13)2-3-8-4-5-9(11)14-8/h2-6H,1H3,(H,12,13)/b3-2-,7-6-. The van der Waals surface area contributed by atoms with Crippen LogP contribution in [0.1, 0.15) is 12.7 Å². The maximum atomic E-state index is 10.3. The van der Waals surface area contributed by atoms with Crippen molar-refractivity contribution < 1.29 is 14.3 Å². The topological polar surface area (TPSA) is 50.4 Å². The molecule has 0 saturated carbocycles. The lowest BCUT2D eigenvalue weighted by atomic mass is 10.2. The molecule has 0 spiro atoms. The van der Waals surface area contributed by atoms with E-state index in [1.165, 1.54) is 0 Å². The first kappa shape index (κ1) is 10.8. The minimum Gasteiger partial charge on any atom is -0.478 e. The summed E-state index contributed by atoms with van der Waals surface area (Å²) in [5, 5.41) is 8.44. The van der Waals surface area contributed by atoms with Gasteiger partial charge in [-0.3, -0.25) is 0 Å². The number of aliphatic carboxylic acids is 1. The molecule has 1 aromatic rings. The first-order valence-corrected chi connectivity index (χ1v) is 4.72. The minimum atomic E-state index is -0.951. The molecular formula is C10H9BrO3. The number of halogens is 1. The van der Waals surface area contributed by atoms with Crippen LogP contribution >= 0.6 is 15.9 Å². The van der Waals surface area contributed by atoms with Gasteiger partial charge in [0.2, 0.25) is 0 Å². The van der Waals surface area contributed by atoms with E-state index in [-0.39, 0.29) is 0 Å². The van der Waals surface area contributed by atoms with Crippen LogP contribution in [0.2, 0.25) is 0 Å². The molecule has 0 aliphatic heterocycles. The Kier molecular flexibility index (Phi) is 3.71. The largest absolute Gasteiger partial charge is 0.478 e. The quantitative estimate of drug-likeness (QED) is 0.668. The molecule has 1 N–H and O–H groups in total. The van der Waals surface area contributed by atoms with Gasteiger partial charge in [0.15, 0.2) is 4.67 Å². The smallest absolute Gasteiger partial charge is 0.328 e. The van der Waals surface area contributed by atoms with E-state index >= 15 is 0 Å². The molecule has 0 bridgehead atoms. The fourth-order valence-electron chi connectivity index (χ4n) is 0.874. The lowest BCUT2D eigenvalue weighted by molar-refractivity contribution is -0.131. The molecule has 3 nitrogen and oxygen atoms in total. The Balaban J connectivity index is 2.69. The third-order valence-electron chi connectivity index (χ3n) is 1.46. The first-order valence-electron chi connectivity index (χ1n) is 3.92. The number of rotatable bonds is 3. The van der Waals surface area contributed by atoms with E-state index in [4.69, 9.17) is 9.52 Å². The number of allylic oxidation sites excluding steroid dienone is 2. The van der Waals surface area contributed by atoms with Crippen molar-refractivity contribution in [3.05, 3.63) is 40.3 Å². The van der Waals surface area contributed by atoms with E-state index in [1.807, 2.05) is 0 Å². The molecule has 0 saturated heterocycles. The zero-order valence-corrected chi connectivity index (χ0v) is 9.11. The average molecular weight is 257 g/mol. The molecule has 0 amide bonds. The molecule has 0 atom stereocenters. The van der Waals surface area contributed by atoms with Gasteiger partial charge in [-0.15, -0.1) is 0 Å². The summed E-state index contributed by atoms with van der Waals surface area (Å²) in [5.41, 5.74) is 0.657. The maximum Gasteiger partial charge on any atom is 0.328 e. The highest BCUT2D eigenvalue weighted by molar-refractivity contribution is 9.10. The summed E-state index contributed by atoms with van der Waals surface area (Å²) in [6.07, 6.45) is 4.52. The van der Waals surface area contributed by atoms with Crippen LogP contribution in [0.4, 0.5) is 0 Å². The van der Waals surface area contributed by atoms with E-state index in [2.05, 4.69) is 15.9 Å². The predicted molar refractivity (Wildman–Crippen MR) is 56.8 cm³/mol. The van der Waals surface area contributed by atoms with Crippen LogP contribution in [0.5, 0.6) is 0 Å². The molecule has 1 rings (SSSR count). The Morgan fingerprint density at radius 2 is 2.29 bits per heavy atom. The van der Waals surface area contributed by atoms with Gasteiger partial charge in [0.1, 0.15) is 5.76 Å². The molecule has 0 fully saturated rings. The fourth-order valence-corrected chi connectivity index (χ4v) is 1.19. The van der Waals surface area contributed by atoms with Crippen molar-refractivity contribution in [2.45, 2.75) is 6.92 Å². The number of carbonyl (C=O) groups is 1. The van der Waals surface area contributed by atoms with Crippen molar-refractivity contribution in [3.63, 3.8) is 0 Å². The lowest BCUT2D eigenvalue weighted by Crippen LogP contribution is -1.87. The highest BCUT2D eigenvalue weighted by atomic mass is 79.9. The molecule has 0 radical (unpaired) electrons. The molecule has 14 heavy (non-hydrogen) atoms. The van der Waals surface area contributed by atoms with Crippen LogP contribution in [0.3, 0.4) is 0 Å². The van der Waals surface area contributed by atoms with Crippen molar-refractivity contribution in [1.29, 1.82) is 0 Å². The molecule has 0 unspecified atom stereocenters. The van der Waals surface area contributed by atoms with Gasteiger partial charge in [0.05, 0.1) is 0 Å². The summed E-state index contributed by atoms with van der Waals surface area (Å²) < 4.78 is 5.84. The summed E-state index contributed by atoms with van der Waals surface area (Å²) in [6.45, 7) is 1.71. The molecule has 4 heteroatoms. The third-order valence-corrected chi connectivity index (χ3v) is 1.88. The zero-order chi connectivity index (χ0) is 10.6. The number of furan rings is 1. The monoisotopic (exact) mass is 256 g/mol. The maximum absolute atomic E-state index is 10.3. The van der Waals surface area contributed by atoms with Crippen LogP contribution in [0.25, 0.3) is 6.08 Å². The third kappa shape index (κ3) is 3.62. The van der Waals surface area contributed by atoms with Gasteiger partial charge in [0, 0.05) is 6.08 Å².